The van der Waals surface area contributed by atoms with Gasteiger partial charge in [-0.3, -0.25) is 4.68 Å². The largest absolute Gasteiger partial charge is 0.493 e. The molecule has 0 aliphatic heterocycles. The van der Waals surface area contributed by atoms with Gasteiger partial charge in [0, 0.05) is 6.54 Å². The van der Waals surface area contributed by atoms with Gasteiger partial charge in [0.2, 0.25) is 0 Å². The number of hydrogen-bond donors (Lipinski definition) is 2. The molecule has 5 nitrogen and oxygen atoms in total. The maximum absolute atomic E-state index is 10.6. The molecule has 0 fully saturated rings. The van der Waals surface area contributed by atoms with E-state index in [9.17, 15) is 5.11 Å². The predicted molar refractivity (Wildman–Crippen MR) is 71.8 cm³/mol. The third-order valence-electron chi connectivity index (χ3n) is 3.05. The molecule has 18 heavy (non-hydrogen) atoms. The Kier molecular flexibility index (Phi) is 5.62. The number of aromatic nitrogens is 2. The Hall–Kier alpha value is -1.07. The van der Waals surface area contributed by atoms with Crippen LogP contribution >= 0.6 is 0 Å². The van der Waals surface area contributed by atoms with Crippen molar-refractivity contribution in [2.75, 3.05) is 20.2 Å². The molecule has 0 saturated heterocycles. The zero-order valence-corrected chi connectivity index (χ0v) is 11.9. The van der Waals surface area contributed by atoms with E-state index in [4.69, 9.17) is 4.74 Å². The SMILES string of the molecule is CCCNCCC(C)(O)c1c(OC)cnn1CC. The second-order valence-corrected chi connectivity index (χ2v) is 4.65. The smallest absolute Gasteiger partial charge is 0.162 e. The zero-order chi connectivity index (χ0) is 13.6. The molecule has 5 heteroatoms. The first-order valence-electron chi connectivity index (χ1n) is 6.60. The van der Waals surface area contributed by atoms with Crippen LogP contribution in [0.3, 0.4) is 0 Å². The van der Waals surface area contributed by atoms with E-state index in [2.05, 4.69) is 17.3 Å². The molecule has 0 amide bonds. The lowest BCUT2D eigenvalue weighted by Gasteiger charge is -2.25. The minimum Gasteiger partial charge on any atom is -0.493 e. The van der Waals surface area contributed by atoms with E-state index in [0.29, 0.717) is 12.2 Å². The van der Waals surface area contributed by atoms with Crippen molar-refractivity contribution in [1.29, 1.82) is 0 Å². The second-order valence-electron chi connectivity index (χ2n) is 4.65. The summed E-state index contributed by atoms with van der Waals surface area (Å²) in [7, 11) is 1.60. The number of aliphatic hydroxyl groups is 1. The summed E-state index contributed by atoms with van der Waals surface area (Å²) in [5.41, 5.74) is -0.177. The molecule has 0 spiro atoms. The molecule has 1 unspecified atom stereocenters. The van der Waals surface area contributed by atoms with Gasteiger partial charge >= 0.3 is 0 Å². The number of nitrogens with one attached hydrogen (secondary N) is 1. The van der Waals surface area contributed by atoms with Gasteiger partial charge in [-0.2, -0.15) is 5.10 Å². The fraction of sp³-hybridized carbons (Fsp3) is 0.769. The van der Waals surface area contributed by atoms with E-state index in [0.717, 1.165) is 31.7 Å². The van der Waals surface area contributed by atoms with Crippen LogP contribution in [0.15, 0.2) is 6.20 Å². The molecule has 0 aliphatic carbocycles. The van der Waals surface area contributed by atoms with Crippen LogP contribution in [0, 0.1) is 0 Å². The van der Waals surface area contributed by atoms with Crippen molar-refractivity contribution in [3.8, 4) is 5.75 Å². The lowest BCUT2D eigenvalue weighted by molar-refractivity contribution is 0.0363. The van der Waals surface area contributed by atoms with Gasteiger partial charge in [-0.05, 0) is 39.8 Å². The molecule has 1 aromatic heterocycles. The summed E-state index contributed by atoms with van der Waals surface area (Å²) in [6.45, 7) is 8.41. The van der Waals surface area contributed by atoms with Crippen LogP contribution in [0.5, 0.6) is 5.75 Å². The average Bonchev–Trinajstić information content (AvgIpc) is 2.78. The van der Waals surface area contributed by atoms with Gasteiger partial charge in [0.25, 0.3) is 0 Å². The molecule has 0 radical (unpaired) electrons. The summed E-state index contributed by atoms with van der Waals surface area (Å²) < 4.78 is 7.07. The maximum atomic E-state index is 10.6. The highest BCUT2D eigenvalue weighted by molar-refractivity contribution is 5.30. The Balaban J connectivity index is 2.78. The van der Waals surface area contributed by atoms with Crippen molar-refractivity contribution in [1.82, 2.24) is 15.1 Å². The van der Waals surface area contributed by atoms with Gasteiger partial charge in [-0.25, -0.2) is 0 Å². The predicted octanol–water partition coefficient (Wildman–Crippen LogP) is 1.51. The minimum atomic E-state index is -0.932. The molecule has 2 N–H and O–H groups in total. The summed E-state index contributed by atoms with van der Waals surface area (Å²) >= 11 is 0. The summed E-state index contributed by atoms with van der Waals surface area (Å²) in [5.74, 6) is 0.650. The van der Waals surface area contributed by atoms with E-state index < -0.39 is 5.60 Å². The minimum absolute atomic E-state index is 0.634. The number of hydrogen-bond acceptors (Lipinski definition) is 4. The Morgan fingerprint density at radius 3 is 2.72 bits per heavy atom. The lowest BCUT2D eigenvalue weighted by atomic mass is 9.97. The van der Waals surface area contributed by atoms with Gasteiger partial charge in [0.05, 0.1) is 13.3 Å². The molecule has 0 bridgehead atoms. The first-order chi connectivity index (χ1) is 8.56. The van der Waals surface area contributed by atoms with Gasteiger partial charge in [0.1, 0.15) is 11.3 Å². The second kappa shape index (κ2) is 6.75. The highest BCUT2D eigenvalue weighted by Crippen LogP contribution is 2.32. The van der Waals surface area contributed by atoms with Crippen LogP contribution < -0.4 is 10.1 Å². The Labute approximate surface area is 109 Å². The standard InChI is InChI=1S/C13H25N3O2/c1-5-8-14-9-7-13(3,17)12-11(18-4)10-15-16(12)6-2/h10,14,17H,5-9H2,1-4H3. The van der Waals surface area contributed by atoms with Crippen LogP contribution in [0.2, 0.25) is 0 Å². The monoisotopic (exact) mass is 255 g/mol. The van der Waals surface area contributed by atoms with Crippen molar-refractivity contribution in [3.63, 3.8) is 0 Å². The molecule has 1 aromatic rings. The summed E-state index contributed by atoms with van der Waals surface area (Å²) in [6.07, 6.45) is 3.39. The quantitative estimate of drug-likeness (QED) is 0.691. The molecule has 0 aromatic carbocycles. The van der Waals surface area contributed by atoms with Crippen LogP contribution in [0.1, 0.15) is 39.3 Å². The summed E-state index contributed by atoms with van der Waals surface area (Å²) in [6, 6.07) is 0. The van der Waals surface area contributed by atoms with Crippen LogP contribution in [-0.2, 0) is 12.1 Å². The molecule has 1 rings (SSSR count). The van der Waals surface area contributed by atoms with Crippen LogP contribution in [-0.4, -0.2) is 35.1 Å². The highest BCUT2D eigenvalue weighted by Gasteiger charge is 2.30. The average molecular weight is 255 g/mol. The first kappa shape index (κ1) is 15.0. The Bertz CT molecular complexity index is 340. The number of aryl methyl sites for hydroxylation is 1. The van der Waals surface area contributed by atoms with Crippen molar-refractivity contribution in [3.05, 3.63) is 11.9 Å². The van der Waals surface area contributed by atoms with Crippen molar-refractivity contribution < 1.29 is 9.84 Å². The number of nitrogens with zero attached hydrogens (tertiary/aromatic N) is 2. The van der Waals surface area contributed by atoms with Gasteiger partial charge in [0.15, 0.2) is 5.75 Å². The van der Waals surface area contributed by atoms with E-state index in [1.165, 1.54) is 0 Å². The van der Waals surface area contributed by atoms with Crippen molar-refractivity contribution >= 4 is 0 Å². The normalized spacial score (nSPS) is 14.5. The van der Waals surface area contributed by atoms with Gasteiger partial charge < -0.3 is 15.2 Å². The molecule has 0 aliphatic rings. The molecular formula is C13H25N3O2. The van der Waals surface area contributed by atoms with Crippen LogP contribution in [0.25, 0.3) is 0 Å². The molecule has 0 saturated carbocycles. The topological polar surface area (TPSA) is 59.3 Å². The number of rotatable bonds is 8. The van der Waals surface area contributed by atoms with Crippen molar-refractivity contribution in [2.45, 2.75) is 45.8 Å². The van der Waals surface area contributed by atoms with E-state index in [-0.39, 0.29) is 0 Å². The van der Waals surface area contributed by atoms with E-state index in [1.807, 2.05) is 13.8 Å². The summed E-state index contributed by atoms with van der Waals surface area (Å²) in [4.78, 5) is 0. The van der Waals surface area contributed by atoms with E-state index in [1.54, 1.807) is 18.0 Å². The van der Waals surface area contributed by atoms with Crippen molar-refractivity contribution in [2.24, 2.45) is 0 Å². The molecule has 104 valence electrons. The number of ether oxygens (including phenoxy) is 1. The Morgan fingerprint density at radius 2 is 2.17 bits per heavy atom. The zero-order valence-electron chi connectivity index (χ0n) is 11.9. The molecular weight excluding hydrogens is 230 g/mol. The molecule has 1 heterocycles. The third-order valence-corrected chi connectivity index (χ3v) is 3.05. The first-order valence-corrected chi connectivity index (χ1v) is 6.60. The van der Waals surface area contributed by atoms with Gasteiger partial charge in [-0.15, -0.1) is 0 Å². The van der Waals surface area contributed by atoms with Gasteiger partial charge in [-0.1, -0.05) is 6.92 Å². The number of methoxy groups -OCH3 is 1. The lowest BCUT2D eigenvalue weighted by Crippen LogP contribution is -2.31. The third kappa shape index (κ3) is 3.46. The maximum Gasteiger partial charge on any atom is 0.162 e. The van der Waals surface area contributed by atoms with E-state index >= 15 is 0 Å². The Morgan fingerprint density at radius 1 is 1.44 bits per heavy atom. The molecule has 1 atom stereocenters. The fourth-order valence-corrected chi connectivity index (χ4v) is 2.05. The van der Waals surface area contributed by atoms with Crippen LogP contribution in [0.4, 0.5) is 0 Å². The fourth-order valence-electron chi connectivity index (χ4n) is 2.05. The highest BCUT2D eigenvalue weighted by atomic mass is 16.5. The summed E-state index contributed by atoms with van der Waals surface area (Å²) in [5, 5.41) is 18.1.